The van der Waals surface area contributed by atoms with Gasteiger partial charge in [-0.05, 0) is 17.9 Å². The van der Waals surface area contributed by atoms with E-state index in [1.807, 2.05) is 6.07 Å². The van der Waals surface area contributed by atoms with E-state index in [2.05, 4.69) is 22.5 Å². The van der Waals surface area contributed by atoms with E-state index in [0.717, 1.165) is 31.2 Å². The van der Waals surface area contributed by atoms with Gasteiger partial charge in [-0.25, -0.2) is 0 Å². The zero-order chi connectivity index (χ0) is 11.4. The van der Waals surface area contributed by atoms with E-state index in [9.17, 15) is 0 Å². The quantitative estimate of drug-likeness (QED) is 0.893. The third kappa shape index (κ3) is 2.98. The lowest BCUT2D eigenvalue weighted by Crippen LogP contribution is -2.50. The second-order valence-electron chi connectivity index (χ2n) is 4.31. The Balaban J connectivity index is 1.98. The molecule has 1 N–H and O–H groups in total. The Morgan fingerprint density at radius 1 is 1.62 bits per heavy atom. The van der Waals surface area contributed by atoms with Crippen molar-refractivity contribution < 1.29 is 0 Å². The molecule has 90 valence electrons. The fraction of sp³-hybridized carbons (Fsp3) is 0.667. The molecule has 1 aromatic rings. The first-order chi connectivity index (χ1) is 7.81. The first kappa shape index (κ1) is 12.4. The number of rotatable bonds is 4. The van der Waals surface area contributed by atoms with Gasteiger partial charge >= 0.3 is 0 Å². The van der Waals surface area contributed by atoms with Crippen LogP contribution in [0.4, 0.5) is 0 Å². The molecule has 1 aliphatic heterocycles. The molecule has 0 amide bonds. The smallest absolute Gasteiger partial charge is 0.0558 e. The van der Waals surface area contributed by atoms with Gasteiger partial charge in [-0.15, -0.1) is 11.3 Å². The number of nitrogens with zero attached hydrogens (tertiary/aromatic N) is 1. The Hall–Kier alpha value is -0.0900. The minimum Gasteiger partial charge on any atom is -0.314 e. The minimum absolute atomic E-state index is 0.678. The SMILES string of the molecule is CCCC1CNCCN1Cc1sccc1Cl. The van der Waals surface area contributed by atoms with Gasteiger partial charge in [0.25, 0.3) is 0 Å². The molecule has 0 saturated carbocycles. The predicted molar refractivity (Wildman–Crippen MR) is 71.3 cm³/mol. The molecule has 2 rings (SSSR count). The summed E-state index contributed by atoms with van der Waals surface area (Å²) in [4.78, 5) is 3.88. The van der Waals surface area contributed by atoms with Gasteiger partial charge in [0.05, 0.1) is 5.02 Å². The molecule has 0 radical (unpaired) electrons. The van der Waals surface area contributed by atoms with Gasteiger partial charge in [0, 0.05) is 37.1 Å². The first-order valence-electron chi connectivity index (χ1n) is 5.98. The topological polar surface area (TPSA) is 15.3 Å². The van der Waals surface area contributed by atoms with Crippen molar-refractivity contribution >= 4 is 22.9 Å². The Bertz CT molecular complexity index is 325. The summed E-state index contributed by atoms with van der Waals surface area (Å²) in [6.45, 7) is 6.63. The number of nitrogens with one attached hydrogen (secondary N) is 1. The maximum absolute atomic E-state index is 6.15. The van der Waals surface area contributed by atoms with Crippen molar-refractivity contribution in [2.45, 2.75) is 32.4 Å². The fourth-order valence-corrected chi connectivity index (χ4v) is 3.37. The van der Waals surface area contributed by atoms with Gasteiger partial charge in [-0.3, -0.25) is 4.90 Å². The number of halogens is 1. The van der Waals surface area contributed by atoms with Crippen molar-refractivity contribution in [2.75, 3.05) is 19.6 Å². The first-order valence-corrected chi connectivity index (χ1v) is 7.23. The summed E-state index contributed by atoms with van der Waals surface area (Å²) in [5.41, 5.74) is 0. The van der Waals surface area contributed by atoms with Crippen LogP contribution in [-0.4, -0.2) is 30.6 Å². The molecular weight excluding hydrogens is 240 g/mol. The van der Waals surface area contributed by atoms with Crippen LogP contribution in [0.5, 0.6) is 0 Å². The Morgan fingerprint density at radius 2 is 2.50 bits per heavy atom. The Labute approximate surface area is 107 Å². The largest absolute Gasteiger partial charge is 0.314 e. The van der Waals surface area contributed by atoms with Crippen LogP contribution in [-0.2, 0) is 6.54 Å². The van der Waals surface area contributed by atoms with Gasteiger partial charge < -0.3 is 5.32 Å². The molecule has 1 unspecified atom stereocenters. The monoisotopic (exact) mass is 258 g/mol. The Kier molecular flexibility index (Phi) is 4.65. The van der Waals surface area contributed by atoms with E-state index in [1.54, 1.807) is 11.3 Å². The molecule has 2 nitrogen and oxygen atoms in total. The summed E-state index contributed by atoms with van der Waals surface area (Å²) < 4.78 is 0. The summed E-state index contributed by atoms with van der Waals surface area (Å²) in [7, 11) is 0. The van der Waals surface area contributed by atoms with Crippen LogP contribution in [0.2, 0.25) is 5.02 Å². The maximum Gasteiger partial charge on any atom is 0.0558 e. The zero-order valence-electron chi connectivity index (χ0n) is 9.71. The average Bonchev–Trinajstić information content (AvgIpc) is 2.68. The van der Waals surface area contributed by atoms with E-state index < -0.39 is 0 Å². The second-order valence-corrected chi connectivity index (χ2v) is 5.72. The molecule has 1 atom stereocenters. The van der Waals surface area contributed by atoms with Gasteiger partial charge in [-0.1, -0.05) is 24.9 Å². The lowest BCUT2D eigenvalue weighted by molar-refractivity contribution is 0.146. The van der Waals surface area contributed by atoms with Crippen molar-refractivity contribution in [2.24, 2.45) is 0 Å². The lowest BCUT2D eigenvalue weighted by Gasteiger charge is -2.36. The molecule has 16 heavy (non-hydrogen) atoms. The van der Waals surface area contributed by atoms with Gasteiger partial charge in [0.2, 0.25) is 0 Å². The highest BCUT2D eigenvalue weighted by Crippen LogP contribution is 2.25. The maximum atomic E-state index is 6.15. The molecule has 2 heterocycles. The Morgan fingerprint density at radius 3 is 3.19 bits per heavy atom. The molecule has 1 fully saturated rings. The normalized spacial score (nSPS) is 22.5. The molecule has 1 aliphatic rings. The van der Waals surface area contributed by atoms with Crippen molar-refractivity contribution in [3.05, 3.63) is 21.3 Å². The van der Waals surface area contributed by atoms with Crippen molar-refractivity contribution in [1.82, 2.24) is 10.2 Å². The van der Waals surface area contributed by atoms with E-state index >= 15 is 0 Å². The number of piperazine rings is 1. The average molecular weight is 259 g/mol. The summed E-state index contributed by atoms with van der Waals surface area (Å²) in [5, 5.41) is 6.48. The van der Waals surface area contributed by atoms with Crippen molar-refractivity contribution in [3.63, 3.8) is 0 Å². The molecule has 4 heteroatoms. The number of hydrogen-bond donors (Lipinski definition) is 1. The standard InChI is InChI=1S/C12H19ClN2S/c1-2-3-10-8-14-5-6-15(10)9-12-11(13)4-7-16-12/h4,7,10,14H,2-3,5-6,8-9H2,1H3. The van der Waals surface area contributed by atoms with Crippen molar-refractivity contribution in [1.29, 1.82) is 0 Å². The molecule has 0 spiro atoms. The minimum atomic E-state index is 0.678. The van der Waals surface area contributed by atoms with E-state index in [1.165, 1.54) is 17.7 Å². The highest BCUT2D eigenvalue weighted by Gasteiger charge is 2.22. The second kappa shape index (κ2) is 6.01. The molecule has 0 aromatic carbocycles. The molecule has 0 aliphatic carbocycles. The molecule has 0 bridgehead atoms. The van der Waals surface area contributed by atoms with Gasteiger partial charge in [0.15, 0.2) is 0 Å². The van der Waals surface area contributed by atoms with Crippen LogP contribution in [0.1, 0.15) is 24.6 Å². The van der Waals surface area contributed by atoms with E-state index in [4.69, 9.17) is 11.6 Å². The molecular formula is C12H19ClN2S. The van der Waals surface area contributed by atoms with Gasteiger partial charge in [0.1, 0.15) is 0 Å². The van der Waals surface area contributed by atoms with E-state index in [-0.39, 0.29) is 0 Å². The van der Waals surface area contributed by atoms with E-state index in [0.29, 0.717) is 6.04 Å². The van der Waals surface area contributed by atoms with Crippen LogP contribution in [0.15, 0.2) is 11.4 Å². The van der Waals surface area contributed by atoms with Crippen LogP contribution in [0.3, 0.4) is 0 Å². The third-order valence-electron chi connectivity index (χ3n) is 3.13. The highest BCUT2D eigenvalue weighted by molar-refractivity contribution is 7.10. The van der Waals surface area contributed by atoms with Crippen LogP contribution < -0.4 is 5.32 Å². The summed E-state index contributed by atoms with van der Waals surface area (Å²) in [6.07, 6.45) is 2.52. The number of hydrogen-bond acceptors (Lipinski definition) is 3. The summed E-state index contributed by atoms with van der Waals surface area (Å²) in [6, 6.07) is 2.68. The lowest BCUT2D eigenvalue weighted by atomic mass is 10.1. The zero-order valence-corrected chi connectivity index (χ0v) is 11.3. The predicted octanol–water partition coefficient (Wildman–Crippen LogP) is 2.98. The molecule has 1 aromatic heterocycles. The van der Waals surface area contributed by atoms with Crippen molar-refractivity contribution in [3.8, 4) is 0 Å². The van der Waals surface area contributed by atoms with Crippen LogP contribution in [0.25, 0.3) is 0 Å². The van der Waals surface area contributed by atoms with Crippen LogP contribution in [0, 0.1) is 0 Å². The highest BCUT2D eigenvalue weighted by atomic mass is 35.5. The van der Waals surface area contributed by atoms with Crippen LogP contribution >= 0.6 is 22.9 Å². The summed E-state index contributed by atoms with van der Waals surface area (Å²) in [5.74, 6) is 0. The number of thiophene rings is 1. The molecule has 1 saturated heterocycles. The third-order valence-corrected chi connectivity index (χ3v) is 4.50. The fourth-order valence-electron chi connectivity index (χ4n) is 2.25. The van der Waals surface area contributed by atoms with Gasteiger partial charge in [-0.2, -0.15) is 0 Å². The summed E-state index contributed by atoms with van der Waals surface area (Å²) >= 11 is 7.92.